The molecule has 5 rings (SSSR count). The van der Waals surface area contributed by atoms with E-state index in [1.807, 2.05) is 41.3 Å². The van der Waals surface area contributed by atoms with E-state index in [2.05, 4.69) is 27.4 Å². The molecule has 0 spiro atoms. The number of hydrogen-bond acceptors (Lipinski definition) is 6. The maximum Gasteiger partial charge on any atom is 0.261 e. The quantitative estimate of drug-likeness (QED) is 0.410. The highest BCUT2D eigenvalue weighted by Gasteiger charge is 2.21. The van der Waals surface area contributed by atoms with Crippen molar-refractivity contribution in [2.75, 3.05) is 26.2 Å². The number of rotatable bonds is 7. The number of piperazine rings is 1. The van der Waals surface area contributed by atoms with Crippen molar-refractivity contribution in [1.29, 1.82) is 0 Å². The minimum Gasteiger partial charge on any atom is -0.340 e. The Bertz CT molecular complexity index is 1330. The van der Waals surface area contributed by atoms with E-state index in [1.54, 1.807) is 28.3 Å². The Balaban J connectivity index is 1.08. The molecule has 0 N–H and O–H groups in total. The lowest BCUT2D eigenvalue weighted by Gasteiger charge is -2.34. The molecule has 0 bridgehead atoms. The highest BCUT2D eigenvalue weighted by molar-refractivity contribution is 7.13. The van der Waals surface area contributed by atoms with Crippen molar-refractivity contribution in [3.05, 3.63) is 82.4 Å². The van der Waals surface area contributed by atoms with E-state index in [4.69, 9.17) is 4.98 Å². The van der Waals surface area contributed by atoms with Gasteiger partial charge in [0, 0.05) is 56.6 Å². The molecule has 0 radical (unpaired) electrons. The summed E-state index contributed by atoms with van der Waals surface area (Å²) >= 11 is 1.67. The van der Waals surface area contributed by atoms with Crippen molar-refractivity contribution in [3.8, 4) is 10.6 Å². The Kier molecular flexibility index (Phi) is 6.78. The minimum absolute atomic E-state index is 0.0517. The fraction of sp³-hybridized carbons (Fsp3) is 0.308. The second-order valence-corrected chi connectivity index (χ2v) is 9.39. The van der Waals surface area contributed by atoms with Crippen LogP contribution in [0.3, 0.4) is 0 Å². The molecule has 3 heterocycles. The molecule has 4 aromatic rings. The van der Waals surface area contributed by atoms with Gasteiger partial charge in [-0.2, -0.15) is 0 Å². The number of benzene rings is 2. The average Bonchev–Trinajstić information content (AvgIpc) is 3.35. The number of carbonyl (C=O) groups is 1. The number of aromatic nitrogens is 3. The van der Waals surface area contributed by atoms with E-state index in [0.717, 1.165) is 49.0 Å². The fourth-order valence-electron chi connectivity index (χ4n) is 4.30. The smallest absolute Gasteiger partial charge is 0.261 e. The van der Waals surface area contributed by atoms with Gasteiger partial charge in [0.1, 0.15) is 5.01 Å². The standard InChI is InChI=1S/C26H27N5O2S/c32-24(11-6-12-31-19-27-23-10-5-4-9-22(23)26(31)33)30-15-13-29(14-16-30)17-21-18-34-25(28-21)20-7-2-1-3-8-20/h1-5,7-10,18-19H,6,11-17H2. The molecule has 34 heavy (non-hydrogen) atoms. The maximum absolute atomic E-state index is 12.7. The first-order chi connectivity index (χ1) is 16.7. The fourth-order valence-corrected chi connectivity index (χ4v) is 5.12. The predicted molar refractivity (Wildman–Crippen MR) is 135 cm³/mol. The molecule has 7 nitrogen and oxygen atoms in total. The van der Waals surface area contributed by atoms with E-state index in [-0.39, 0.29) is 11.5 Å². The summed E-state index contributed by atoms with van der Waals surface area (Å²) in [4.78, 5) is 38.7. The number of fused-ring (bicyclic) bond motifs is 1. The SMILES string of the molecule is O=C(CCCn1cnc2ccccc2c1=O)N1CCN(Cc2csc(-c3ccccc3)n2)CC1. The summed E-state index contributed by atoms with van der Waals surface area (Å²) in [6.45, 7) is 4.45. The summed E-state index contributed by atoms with van der Waals surface area (Å²) in [6, 6.07) is 17.6. The van der Waals surface area contributed by atoms with Gasteiger partial charge in [0.05, 0.1) is 22.9 Å². The third-order valence-electron chi connectivity index (χ3n) is 6.20. The van der Waals surface area contributed by atoms with Gasteiger partial charge in [0.2, 0.25) is 5.91 Å². The van der Waals surface area contributed by atoms with Gasteiger partial charge in [-0.25, -0.2) is 9.97 Å². The zero-order valence-corrected chi connectivity index (χ0v) is 19.8. The van der Waals surface area contributed by atoms with Gasteiger partial charge < -0.3 is 4.90 Å². The number of amides is 1. The third-order valence-corrected chi connectivity index (χ3v) is 7.14. The Morgan fingerprint density at radius 1 is 0.971 bits per heavy atom. The summed E-state index contributed by atoms with van der Waals surface area (Å²) in [5.41, 5.74) is 2.88. The largest absolute Gasteiger partial charge is 0.340 e. The summed E-state index contributed by atoms with van der Waals surface area (Å²) in [5.74, 6) is 0.154. The molecular formula is C26H27N5O2S. The molecule has 1 aliphatic heterocycles. The molecule has 1 fully saturated rings. The molecule has 8 heteroatoms. The second-order valence-electron chi connectivity index (χ2n) is 8.53. The zero-order chi connectivity index (χ0) is 23.3. The van der Waals surface area contributed by atoms with Gasteiger partial charge in [-0.3, -0.25) is 19.1 Å². The number of para-hydroxylation sites is 1. The molecule has 174 valence electrons. The molecule has 0 saturated carbocycles. The summed E-state index contributed by atoms with van der Waals surface area (Å²) < 4.78 is 1.60. The molecule has 2 aromatic carbocycles. The van der Waals surface area contributed by atoms with Crippen LogP contribution in [-0.4, -0.2) is 56.4 Å². The van der Waals surface area contributed by atoms with Crippen LogP contribution in [0.1, 0.15) is 18.5 Å². The molecule has 0 atom stereocenters. The van der Waals surface area contributed by atoms with Crippen molar-refractivity contribution in [2.45, 2.75) is 25.9 Å². The first kappa shape index (κ1) is 22.4. The van der Waals surface area contributed by atoms with Gasteiger partial charge in [0.15, 0.2) is 0 Å². The van der Waals surface area contributed by atoms with Crippen LogP contribution in [0.5, 0.6) is 0 Å². The van der Waals surface area contributed by atoms with Crippen LogP contribution >= 0.6 is 11.3 Å². The normalized spacial score (nSPS) is 14.5. The maximum atomic E-state index is 12.7. The Labute approximate surface area is 202 Å². The van der Waals surface area contributed by atoms with Gasteiger partial charge in [0.25, 0.3) is 5.56 Å². The first-order valence-corrected chi connectivity index (χ1v) is 12.5. The molecular weight excluding hydrogens is 446 g/mol. The van der Waals surface area contributed by atoms with Crippen molar-refractivity contribution in [2.24, 2.45) is 0 Å². The van der Waals surface area contributed by atoms with E-state index in [0.29, 0.717) is 30.3 Å². The number of hydrogen-bond donors (Lipinski definition) is 0. The zero-order valence-electron chi connectivity index (χ0n) is 19.0. The second kappa shape index (κ2) is 10.3. The predicted octanol–water partition coefficient (Wildman–Crippen LogP) is 3.64. The van der Waals surface area contributed by atoms with Crippen LogP contribution in [0.4, 0.5) is 0 Å². The molecule has 0 aliphatic carbocycles. The van der Waals surface area contributed by atoms with Gasteiger partial charge in [-0.1, -0.05) is 42.5 Å². The monoisotopic (exact) mass is 473 g/mol. The highest BCUT2D eigenvalue weighted by Crippen LogP contribution is 2.24. The van der Waals surface area contributed by atoms with E-state index in [1.165, 1.54) is 0 Å². The number of carbonyl (C=O) groups excluding carboxylic acids is 1. The Hall–Kier alpha value is -3.36. The lowest BCUT2D eigenvalue weighted by molar-refractivity contribution is -0.133. The lowest BCUT2D eigenvalue weighted by Crippen LogP contribution is -2.48. The average molecular weight is 474 g/mol. The van der Waals surface area contributed by atoms with Crippen LogP contribution in [0.25, 0.3) is 21.5 Å². The highest BCUT2D eigenvalue weighted by atomic mass is 32.1. The van der Waals surface area contributed by atoms with Crippen molar-refractivity contribution in [1.82, 2.24) is 24.3 Å². The third kappa shape index (κ3) is 5.08. The van der Waals surface area contributed by atoms with E-state index in [9.17, 15) is 9.59 Å². The lowest BCUT2D eigenvalue weighted by atomic mass is 10.2. The van der Waals surface area contributed by atoms with Crippen molar-refractivity contribution in [3.63, 3.8) is 0 Å². The Morgan fingerprint density at radius 3 is 2.56 bits per heavy atom. The van der Waals surface area contributed by atoms with Crippen molar-refractivity contribution < 1.29 is 4.79 Å². The topological polar surface area (TPSA) is 71.3 Å². The van der Waals surface area contributed by atoms with Crippen molar-refractivity contribution >= 4 is 28.1 Å². The summed E-state index contributed by atoms with van der Waals surface area (Å²) in [6.07, 6.45) is 2.64. The first-order valence-electron chi connectivity index (χ1n) is 11.6. The van der Waals surface area contributed by atoms with Crippen LogP contribution in [-0.2, 0) is 17.9 Å². The molecule has 1 amide bonds. The molecule has 1 aliphatic rings. The molecule has 2 aromatic heterocycles. The number of aryl methyl sites for hydroxylation is 1. The summed E-state index contributed by atoms with van der Waals surface area (Å²) in [5, 5.41) is 3.79. The number of thiazole rings is 1. The Morgan fingerprint density at radius 2 is 1.74 bits per heavy atom. The molecule has 1 saturated heterocycles. The van der Waals surface area contributed by atoms with Crippen LogP contribution in [0.15, 0.2) is 71.1 Å². The van der Waals surface area contributed by atoms with E-state index >= 15 is 0 Å². The number of nitrogens with zero attached hydrogens (tertiary/aromatic N) is 5. The van der Waals surface area contributed by atoms with Crippen LogP contribution in [0.2, 0.25) is 0 Å². The van der Waals surface area contributed by atoms with E-state index < -0.39 is 0 Å². The van der Waals surface area contributed by atoms with Gasteiger partial charge >= 0.3 is 0 Å². The van der Waals surface area contributed by atoms with Gasteiger partial charge in [-0.15, -0.1) is 11.3 Å². The van der Waals surface area contributed by atoms with Crippen LogP contribution in [0, 0.1) is 0 Å². The molecule has 0 unspecified atom stereocenters. The van der Waals surface area contributed by atoms with Crippen LogP contribution < -0.4 is 5.56 Å². The summed E-state index contributed by atoms with van der Waals surface area (Å²) in [7, 11) is 0. The van der Waals surface area contributed by atoms with Gasteiger partial charge in [-0.05, 0) is 18.6 Å². The minimum atomic E-state index is -0.0517.